The zero-order valence-corrected chi connectivity index (χ0v) is 8.30. The lowest BCUT2D eigenvalue weighted by molar-refractivity contribution is 0.288. The molecule has 0 spiro atoms. The van der Waals surface area contributed by atoms with Gasteiger partial charge in [-0.3, -0.25) is 0 Å². The largest absolute Gasteiger partial charge is 0.508 e. The van der Waals surface area contributed by atoms with Crippen LogP contribution in [0.5, 0.6) is 5.75 Å². The summed E-state index contributed by atoms with van der Waals surface area (Å²) in [6, 6.07) is 3.26. The Bertz CT molecular complexity index is 297. The lowest BCUT2D eigenvalue weighted by atomic mass is 10.0. The van der Waals surface area contributed by atoms with Crippen LogP contribution >= 0.6 is 11.6 Å². The quantitative estimate of drug-likeness (QED) is 0.786. The second-order valence-electron chi connectivity index (χ2n) is 3.00. The number of halogens is 1. The fourth-order valence-electron chi connectivity index (χ4n) is 1.29. The Hall–Kier alpha value is -0.730. The van der Waals surface area contributed by atoms with Crippen LogP contribution in [-0.4, -0.2) is 16.8 Å². The highest BCUT2D eigenvalue weighted by molar-refractivity contribution is 6.31. The standard InChI is InChI=1S/C10H13ClO2/c1-7-8(3-2-6-12)10(13)5-4-9(7)11/h4-5,12-13H,2-3,6H2,1H3. The molecule has 0 atom stereocenters. The van der Waals surface area contributed by atoms with E-state index in [0.29, 0.717) is 17.9 Å². The Morgan fingerprint density at radius 1 is 1.38 bits per heavy atom. The summed E-state index contributed by atoms with van der Waals surface area (Å²) in [4.78, 5) is 0. The van der Waals surface area contributed by atoms with Crippen LogP contribution in [0.4, 0.5) is 0 Å². The molecule has 2 N–H and O–H groups in total. The Labute approximate surface area is 82.8 Å². The maximum Gasteiger partial charge on any atom is 0.119 e. The molecule has 13 heavy (non-hydrogen) atoms. The highest BCUT2D eigenvalue weighted by atomic mass is 35.5. The summed E-state index contributed by atoms with van der Waals surface area (Å²) in [5.41, 5.74) is 1.73. The van der Waals surface area contributed by atoms with E-state index in [1.54, 1.807) is 12.1 Å². The third-order valence-electron chi connectivity index (χ3n) is 2.09. The van der Waals surface area contributed by atoms with E-state index in [-0.39, 0.29) is 12.4 Å². The Morgan fingerprint density at radius 3 is 2.69 bits per heavy atom. The van der Waals surface area contributed by atoms with E-state index in [2.05, 4.69) is 0 Å². The number of phenolic OH excluding ortho intramolecular Hbond substituents is 1. The van der Waals surface area contributed by atoms with Gasteiger partial charge in [0.25, 0.3) is 0 Å². The van der Waals surface area contributed by atoms with Crippen molar-refractivity contribution in [3.8, 4) is 5.75 Å². The van der Waals surface area contributed by atoms with Crippen molar-refractivity contribution in [3.05, 3.63) is 28.3 Å². The smallest absolute Gasteiger partial charge is 0.119 e. The van der Waals surface area contributed by atoms with Crippen LogP contribution in [0.1, 0.15) is 17.5 Å². The molecular weight excluding hydrogens is 188 g/mol. The summed E-state index contributed by atoms with van der Waals surface area (Å²) in [5.74, 6) is 0.260. The predicted octanol–water partition coefficient (Wildman–Crippen LogP) is 2.28. The van der Waals surface area contributed by atoms with E-state index in [9.17, 15) is 5.11 Å². The summed E-state index contributed by atoms with van der Waals surface area (Å²) in [6.45, 7) is 2.00. The molecule has 1 rings (SSSR count). The fraction of sp³-hybridized carbons (Fsp3) is 0.400. The summed E-state index contributed by atoms with van der Waals surface area (Å²) in [5, 5.41) is 18.8. The third kappa shape index (κ3) is 2.36. The summed E-state index contributed by atoms with van der Waals surface area (Å²) in [6.07, 6.45) is 1.31. The molecule has 0 aliphatic heterocycles. The number of rotatable bonds is 3. The van der Waals surface area contributed by atoms with Gasteiger partial charge in [-0.2, -0.15) is 0 Å². The number of benzene rings is 1. The first-order valence-electron chi connectivity index (χ1n) is 4.24. The van der Waals surface area contributed by atoms with Crippen molar-refractivity contribution in [2.75, 3.05) is 6.61 Å². The van der Waals surface area contributed by atoms with Crippen LogP contribution in [0.25, 0.3) is 0 Å². The van der Waals surface area contributed by atoms with E-state index in [0.717, 1.165) is 11.1 Å². The molecule has 0 amide bonds. The molecule has 0 saturated heterocycles. The third-order valence-corrected chi connectivity index (χ3v) is 2.50. The highest BCUT2D eigenvalue weighted by Gasteiger charge is 2.07. The average molecular weight is 201 g/mol. The topological polar surface area (TPSA) is 40.5 Å². The average Bonchev–Trinajstić information content (AvgIpc) is 2.12. The molecule has 0 fully saturated rings. The van der Waals surface area contributed by atoms with Crippen molar-refractivity contribution >= 4 is 11.6 Å². The number of aromatic hydroxyl groups is 1. The molecule has 0 radical (unpaired) electrons. The first-order chi connectivity index (χ1) is 6.16. The highest BCUT2D eigenvalue weighted by Crippen LogP contribution is 2.27. The van der Waals surface area contributed by atoms with Gasteiger partial charge >= 0.3 is 0 Å². The molecule has 0 saturated carbocycles. The molecule has 0 aliphatic rings. The van der Waals surface area contributed by atoms with Gasteiger partial charge in [0.2, 0.25) is 0 Å². The molecule has 0 unspecified atom stereocenters. The monoisotopic (exact) mass is 200 g/mol. The van der Waals surface area contributed by atoms with Crippen LogP contribution in [0.15, 0.2) is 12.1 Å². The molecule has 0 aromatic heterocycles. The number of hydrogen-bond acceptors (Lipinski definition) is 2. The van der Waals surface area contributed by atoms with Crippen LogP contribution in [0, 0.1) is 6.92 Å². The molecule has 0 bridgehead atoms. The summed E-state index contributed by atoms with van der Waals surface area (Å²) in [7, 11) is 0. The summed E-state index contributed by atoms with van der Waals surface area (Å²) < 4.78 is 0. The van der Waals surface area contributed by atoms with Gasteiger partial charge in [-0.1, -0.05) is 11.6 Å². The Balaban J connectivity index is 2.96. The minimum Gasteiger partial charge on any atom is -0.508 e. The normalized spacial score (nSPS) is 10.4. The van der Waals surface area contributed by atoms with E-state index in [1.807, 2.05) is 6.92 Å². The van der Waals surface area contributed by atoms with Gasteiger partial charge in [0, 0.05) is 11.6 Å². The van der Waals surface area contributed by atoms with Crippen molar-refractivity contribution in [2.45, 2.75) is 19.8 Å². The SMILES string of the molecule is Cc1c(Cl)ccc(O)c1CCCO. The maximum absolute atomic E-state index is 9.50. The van der Waals surface area contributed by atoms with Gasteiger partial charge < -0.3 is 10.2 Å². The Kier molecular flexibility index (Phi) is 3.58. The van der Waals surface area contributed by atoms with Gasteiger partial charge in [-0.25, -0.2) is 0 Å². The van der Waals surface area contributed by atoms with Gasteiger partial charge in [-0.05, 0) is 43.0 Å². The minimum absolute atomic E-state index is 0.130. The summed E-state index contributed by atoms with van der Waals surface area (Å²) >= 11 is 5.89. The number of aliphatic hydroxyl groups is 1. The molecule has 2 nitrogen and oxygen atoms in total. The number of aliphatic hydroxyl groups excluding tert-OH is 1. The number of hydrogen-bond donors (Lipinski definition) is 2. The first-order valence-corrected chi connectivity index (χ1v) is 4.62. The van der Waals surface area contributed by atoms with Crippen molar-refractivity contribution in [1.82, 2.24) is 0 Å². The van der Waals surface area contributed by atoms with E-state index >= 15 is 0 Å². The zero-order valence-electron chi connectivity index (χ0n) is 7.55. The molecule has 0 heterocycles. The van der Waals surface area contributed by atoms with Crippen molar-refractivity contribution in [2.24, 2.45) is 0 Å². The van der Waals surface area contributed by atoms with Gasteiger partial charge in [0.05, 0.1) is 0 Å². The molecule has 0 aliphatic carbocycles. The molecule has 3 heteroatoms. The second-order valence-corrected chi connectivity index (χ2v) is 3.40. The van der Waals surface area contributed by atoms with Crippen molar-refractivity contribution in [3.63, 3.8) is 0 Å². The van der Waals surface area contributed by atoms with Gasteiger partial charge in [0.15, 0.2) is 0 Å². The zero-order chi connectivity index (χ0) is 9.84. The number of phenols is 1. The van der Waals surface area contributed by atoms with Crippen LogP contribution in [-0.2, 0) is 6.42 Å². The second kappa shape index (κ2) is 4.49. The van der Waals surface area contributed by atoms with Gasteiger partial charge in [-0.15, -0.1) is 0 Å². The minimum atomic E-state index is 0.130. The first kappa shape index (κ1) is 10.4. The lowest BCUT2D eigenvalue weighted by Gasteiger charge is -2.08. The molecule has 72 valence electrons. The van der Waals surface area contributed by atoms with Gasteiger partial charge in [0.1, 0.15) is 5.75 Å². The van der Waals surface area contributed by atoms with E-state index in [1.165, 1.54) is 0 Å². The van der Waals surface area contributed by atoms with Crippen LogP contribution in [0.3, 0.4) is 0 Å². The van der Waals surface area contributed by atoms with Crippen LogP contribution < -0.4 is 0 Å². The van der Waals surface area contributed by atoms with E-state index < -0.39 is 0 Å². The molecular formula is C10H13ClO2. The van der Waals surface area contributed by atoms with E-state index in [4.69, 9.17) is 16.7 Å². The van der Waals surface area contributed by atoms with Crippen molar-refractivity contribution < 1.29 is 10.2 Å². The maximum atomic E-state index is 9.50. The molecule has 1 aromatic rings. The fourth-order valence-corrected chi connectivity index (χ4v) is 1.46. The van der Waals surface area contributed by atoms with Crippen LogP contribution in [0.2, 0.25) is 5.02 Å². The van der Waals surface area contributed by atoms with Crippen molar-refractivity contribution in [1.29, 1.82) is 0 Å². The lowest BCUT2D eigenvalue weighted by Crippen LogP contribution is -1.94. The molecule has 1 aromatic carbocycles. The predicted molar refractivity (Wildman–Crippen MR) is 53.3 cm³/mol. The Morgan fingerprint density at radius 2 is 2.08 bits per heavy atom.